The molecule has 3 rings (SSSR count). The lowest BCUT2D eigenvalue weighted by atomic mass is 10.2. The van der Waals surface area contributed by atoms with Crippen LogP contribution in [0.1, 0.15) is 17.3 Å². The van der Waals surface area contributed by atoms with Gasteiger partial charge in [0.2, 0.25) is 5.88 Å². The largest absolute Gasteiger partial charge is 0.493 e. The van der Waals surface area contributed by atoms with Gasteiger partial charge in [-0.05, 0) is 25.1 Å². The molecule has 2 aromatic heterocycles. The number of hydrogen-bond donors (Lipinski definition) is 1. The Kier molecular flexibility index (Phi) is 5.15. The number of ether oxygens (including phenoxy) is 1. The number of nitrogens with zero attached hydrogens (tertiary/aromatic N) is 4. The fraction of sp³-hybridized carbons (Fsp3) is 0.222. The van der Waals surface area contributed by atoms with Crippen LogP contribution in [0.5, 0.6) is 5.88 Å². The molecule has 1 amide bonds. The highest BCUT2D eigenvalue weighted by Gasteiger charge is 2.16. The Balaban J connectivity index is 1.94. The minimum Gasteiger partial charge on any atom is -0.493 e. The summed E-state index contributed by atoms with van der Waals surface area (Å²) in [5, 5.41) is 19.0. The summed E-state index contributed by atoms with van der Waals surface area (Å²) < 4.78 is 7.06. The molecule has 25 heavy (non-hydrogen) atoms. The number of benzene rings is 1. The van der Waals surface area contributed by atoms with E-state index in [-0.39, 0.29) is 11.6 Å². The second kappa shape index (κ2) is 7.67. The van der Waals surface area contributed by atoms with Crippen molar-refractivity contribution in [3.05, 3.63) is 54.4 Å². The van der Waals surface area contributed by atoms with E-state index in [0.717, 1.165) is 10.9 Å². The number of hydrogen-bond acceptors (Lipinski definition) is 5. The first-order valence-electron chi connectivity index (χ1n) is 7.96. The smallest absolute Gasteiger partial charge is 0.296 e. The predicted molar refractivity (Wildman–Crippen MR) is 93.2 cm³/mol. The van der Waals surface area contributed by atoms with Crippen LogP contribution >= 0.6 is 0 Å². The summed E-state index contributed by atoms with van der Waals surface area (Å²) in [6, 6.07) is 10.7. The molecule has 7 nitrogen and oxygen atoms in total. The monoisotopic (exact) mass is 338 g/mol. The Morgan fingerprint density at radius 3 is 2.88 bits per heavy atom. The number of carbonyl (C=O) groups is 1. The molecule has 0 saturated heterocycles. The van der Waals surface area contributed by atoms with E-state index in [1.54, 1.807) is 22.9 Å². The van der Waals surface area contributed by atoms with Crippen LogP contribution in [-0.4, -0.2) is 33.8 Å². The zero-order valence-electron chi connectivity index (χ0n) is 13.8. The summed E-state index contributed by atoms with van der Waals surface area (Å²) in [6.45, 7) is 3.46. The summed E-state index contributed by atoms with van der Waals surface area (Å²) in [5.41, 5.74) is 1.41. The van der Waals surface area contributed by atoms with Crippen LogP contribution in [0.3, 0.4) is 0 Å². The van der Waals surface area contributed by atoms with Crippen molar-refractivity contribution in [3.8, 4) is 5.88 Å². The summed E-state index contributed by atoms with van der Waals surface area (Å²) in [7, 11) is 0. The van der Waals surface area contributed by atoms with Gasteiger partial charge in [-0.3, -0.25) is 9.78 Å². The third-order valence-electron chi connectivity index (χ3n) is 3.73. The first kappa shape index (κ1) is 16.8. The maximum absolute atomic E-state index is 12.1. The molecule has 0 aliphatic rings. The molecule has 0 fully saturated rings. The van der Waals surface area contributed by atoms with E-state index in [9.17, 15) is 9.90 Å². The molecule has 0 atom stereocenters. The molecule has 1 aromatic carbocycles. The van der Waals surface area contributed by atoms with Crippen molar-refractivity contribution in [1.29, 1.82) is 0 Å². The average molecular weight is 338 g/mol. The van der Waals surface area contributed by atoms with Crippen LogP contribution in [0.15, 0.2) is 59.0 Å². The van der Waals surface area contributed by atoms with E-state index in [1.807, 2.05) is 31.2 Å². The molecule has 0 bridgehead atoms. The maximum Gasteiger partial charge on any atom is 0.296 e. The molecule has 3 aromatic rings. The number of fused-ring (bicyclic) bond motifs is 1. The number of pyridine rings is 1. The number of aromatic hydroxyl groups is 1. The van der Waals surface area contributed by atoms with Gasteiger partial charge in [-0.25, -0.2) is 0 Å². The third-order valence-corrected chi connectivity index (χ3v) is 3.73. The van der Waals surface area contributed by atoms with Gasteiger partial charge in [-0.2, -0.15) is 0 Å². The third kappa shape index (κ3) is 3.56. The number of aromatic nitrogens is 2. The van der Waals surface area contributed by atoms with E-state index in [0.29, 0.717) is 25.3 Å². The molecule has 0 radical (unpaired) electrons. The molecule has 7 heteroatoms. The highest BCUT2D eigenvalue weighted by atomic mass is 16.5. The highest BCUT2D eigenvalue weighted by molar-refractivity contribution is 5.97. The van der Waals surface area contributed by atoms with Gasteiger partial charge in [0.05, 0.1) is 17.7 Å². The van der Waals surface area contributed by atoms with Gasteiger partial charge in [-0.15, -0.1) is 10.2 Å². The van der Waals surface area contributed by atoms with Gasteiger partial charge in [0.25, 0.3) is 5.91 Å². The fourth-order valence-electron chi connectivity index (χ4n) is 2.54. The first-order valence-corrected chi connectivity index (χ1v) is 7.96. The molecular formula is C18H18N4O3. The van der Waals surface area contributed by atoms with E-state index in [2.05, 4.69) is 15.2 Å². The Hall–Kier alpha value is -3.06. The Morgan fingerprint density at radius 1 is 1.28 bits per heavy atom. The van der Waals surface area contributed by atoms with Crippen molar-refractivity contribution in [2.24, 2.45) is 10.2 Å². The first-order chi connectivity index (χ1) is 12.2. The normalized spacial score (nSPS) is 11.4. The standard InChI is InChI=1S/C18H18N4O3/c1-2-25-11-10-22-15-8-4-3-7-14(15)16(18(22)24)20-21-17(23)13-6-5-9-19-12-13/h3-9,12,24H,2,10-11H2,1H3. The van der Waals surface area contributed by atoms with Crippen molar-refractivity contribution in [3.63, 3.8) is 0 Å². The van der Waals surface area contributed by atoms with Crippen molar-refractivity contribution in [1.82, 2.24) is 9.55 Å². The Labute approximate surface area is 144 Å². The molecule has 0 unspecified atom stereocenters. The molecule has 0 aliphatic heterocycles. The van der Waals surface area contributed by atoms with Crippen LogP contribution in [0.4, 0.5) is 5.69 Å². The Bertz CT molecular complexity index is 903. The lowest BCUT2D eigenvalue weighted by molar-refractivity contribution is 0.0994. The second-order valence-electron chi connectivity index (χ2n) is 5.28. The number of amides is 1. The summed E-state index contributed by atoms with van der Waals surface area (Å²) >= 11 is 0. The second-order valence-corrected chi connectivity index (χ2v) is 5.28. The van der Waals surface area contributed by atoms with Gasteiger partial charge in [-0.1, -0.05) is 18.2 Å². The van der Waals surface area contributed by atoms with Gasteiger partial charge < -0.3 is 14.4 Å². The van der Waals surface area contributed by atoms with Crippen molar-refractivity contribution in [2.75, 3.05) is 13.2 Å². The van der Waals surface area contributed by atoms with Crippen LogP contribution < -0.4 is 0 Å². The predicted octanol–water partition coefficient (Wildman–Crippen LogP) is 3.70. The molecule has 128 valence electrons. The lowest BCUT2D eigenvalue weighted by Crippen LogP contribution is -2.05. The summed E-state index contributed by atoms with van der Waals surface area (Å²) in [5.74, 6) is -0.553. The van der Waals surface area contributed by atoms with Crippen LogP contribution in [0.25, 0.3) is 10.9 Å². The minimum atomic E-state index is -0.515. The number of carbonyl (C=O) groups excluding carboxylic acids is 1. The van der Waals surface area contributed by atoms with Crippen LogP contribution in [-0.2, 0) is 11.3 Å². The molecule has 0 aliphatic carbocycles. The zero-order valence-corrected chi connectivity index (χ0v) is 13.8. The Morgan fingerprint density at radius 2 is 2.12 bits per heavy atom. The molecule has 0 spiro atoms. The van der Waals surface area contributed by atoms with Gasteiger partial charge in [0.1, 0.15) is 0 Å². The average Bonchev–Trinajstić information content (AvgIpc) is 2.92. The number of rotatable bonds is 6. The molecule has 2 heterocycles. The van der Waals surface area contributed by atoms with E-state index >= 15 is 0 Å². The lowest BCUT2D eigenvalue weighted by Gasteiger charge is -2.06. The molecular weight excluding hydrogens is 320 g/mol. The number of azo groups is 1. The summed E-state index contributed by atoms with van der Waals surface area (Å²) in [4.78, 5) is 16.0. The van der Waals surface area contributed by atoms with Crippen molar-refractivity contribution >= 4 is 22.5 Å². The maximum atomic E-state index is 12.1. The highest BCUT2D eigenvalue weighted by Crippen LogP contribution is 2.38. The molecule has 0 saturated carbocycles. The van der Waals surface area contributed by atoms with Crippen molar-refractivity contribution in [2.45, 2.75) is 13.5 Å². The number of para-hydroxylation sites is 1. The van der Waals surface area contributed by atoms with E-state index < -0.39 is 5.91 Å². The van der Waals surface area contributed by atoms with Crippen molar-refractivity contribution < 1.29 is 14.6 Å². The van der Waals surface area contributed by atoms with Crippen LogP contribution in [0, 0.1) is 0 Å². The van der Waals surface area contributed by atoms with Gasteiger partial charge in [0.15, 0.2) is 5.69 Å². The quantitative estimate of drug-likeness (QED) is 0.548. The zero-order chi connectivity index (χ0) is 17.6. The topological polar surface area (TPSA) is 89.1 Å². The van der Waals surface area contributed by atoms with Gasteiger partial charge in [0, 0.05) is 30.9 Å². The summed E-state index contributed by atoms with van der Waals surface area (Å²) in [6.07, 6.45) is 3.00. The van der Waals surface area contributed by atoms with Crippen LogP contribution in [0.2, 0.25) is 0 Å². The van der Waals surface area contributed by atoms with E-state index in [4.69, 9.17) is 4.74 Å². The minimum absolute atomic E-state index is 0.0383. The fourth-order valence-corrected chi connectivity index (χ4v) is 2.54. The van der Waals surface area contributed by atoms with E-state index in [1.165, 1.54) is 6.20 Å². The SMILES string of the molecule is CCOCCn1c(O)c(N=NC(=O)c2cccnc2)c2ccccc21. The molecule has 1 N–H and O–H groups in total. The van der Waals surface area contributed by atoms with Gasteiger partial charge >= 0.3 is 0 Å².